The van der Waals surface area contributed by atoms with Crippen LogP contribution in [0, 0.1) is 5.92 Å². The summed E-state index contributed by atoms with van der Waals surface area (Å²) in [5.41, 5.74) is 0.295. The molecule has 0 saturated heterocycles. The summed E-state index contributed by atoms with van der Waals surface area (Å²) in [6.07, 6.45) is 2.44. The van der Waals surface area contributed by atoms with E-state index < -0.39 is 11.8 Å². The number of benzene rings is 1. The first-order chi connectivity index (χ1) is 9.11. The second-order valence-electron chi connectivity index (χ2n) is 4.45. The van der Waals surface area contributed by atoms with Gasteiger partial charge >= 0.3 is 5.97 Å². The fourth-order valence-corrected chi connectivity index (χ4v) is 2.06. The zero-order chi connectivity index (χ0) is 13.8. The monoisotopic (exact) mass is 326 g/mol. The molecule has 0 radical (unpaired) electrons. The van der Waals surface area contributed by atoms with E-state index in [1.165, 1.54) is 12.8 Å². The molecule has 0 aromatic heterocycles. The van der Waals surface area contributed by atoms with Crippen LogP contribution >= 0.6 is 15.9 Å². The number of ether oxygens (including phenoxy) is 2. The molecule has 1 aliphatic rings. The summed E-state index contributed by atoms with van der Waals surface area (Å²) in [4.78, 5) is 23.1. The molecule has 5 heteroatoms. The van der Waals surface area contributed by atoms with Crippen LogP contribution in [-0.4, -0.2) is 25.0 Å². The van der Waals surface area contributed by atoms with Crippen molar-refractivity contribution in [1.82, 2.24) is 0 Å². The summed E-state index contributed by atoms with van der Waals surface area (Å²) in [5, 5.41) is 0. The number of ketones is 1. The minimum atomic E-state index is -0.832. The maximum Gasteiger partial charge on any atom is 0.379 e. The Labute approximate surface area is 120 Å². The first-order valence-electron chi connectivity index (χ1n) is 6.25. The lowest BCUT2D eigenvalue weighted by atomic mass is 10.1. The van der Waals surface area contributed by atoms with E-state index in [9.17, 15) is 9.59 Å². The number of rotatable bonds is 6. The maximum atomic E-state index is 11.7. The molecule has 2 rings (SSSR count). The molecule has 0 N–H and O–H groups in total. The molecule has 19 heavy (non-hydrogen) atoms. The van der Waals surface area contributed by atoms with Crippen LogP contribution < -0.4 is 4.74 Å². The SMILES string of the molecule is CCOC(=O)C(=O)c1ccc(OCC2CC2)c(Br)c1. The van der Waals surface area contributed by atoms with E-state index in [4.69, 9.17) is 4.74 Å². The summed E-state index contributed by atoms with van der Waals surface area (Å²) in [7, 11) is 0. The van der Waals surface area contributed by atoms with Gasteiger partial charge < -0.3 is 9.47 Å². The molecular formula is C14H15BrO4. The standard InChI is InChI=1S/C14H15BrO4/c1-2-18-14(17)13(16)10-5-6-12(11(15)7-10)19-8-9-3-4-9/h5-7,9H,2-4,8H2,1H3. The lowest BCUT2D eigenvalue weighted by molar-refractivity contribution is -0.137. The largest absolute Gasteiger partial charge is 0.492 e. The van der Waals surface area contributed by atoms with Gasteiger partial charge in [0.25, 0.3) is 5.78 Å². The minimum absolute atomic E-state index is 0.189. The molecule has 0 aliphatic heterocycles. The Balaban J connectivity index is 2.04. The highest BCUT2D eigenvalue weighted by Crippen LogP contribution is 2.32. The van der Waals surface area contributed by atoms with Crippen molar-refractivity contribution in [3.63, 3.8) is 0 Å². The van der Waals surface area contributed by atoms with E-state index in [0.29, 0.717) is 28.3 Å². The molecule has 0 atom stereocenters. The molecule has 1 fully saturated rings. The smallest absolute Gasteiger partial charge is 0.379 e. The first kappa shape index (κ1) is 14.1. The number of hydrogen-bond donors (Lipinski definition) is 0. The van der Waals surface area contributed by atoms with Gasteiger partial charge in [-0.3, -0.25) is 4.79 Å². The number of halogens is 1. The van der Waals surface area contributed by atoms with Crippen molar-refractivity contribution in [3.8, 4) is 5.75 Å². The number of esters is 1. The molecule has 1 aromatic rings. The number of carbonyl (C=O) groups excluding carboxylic acids is 2. The van der Waals surface area contributed by atoms with Crippen LogP contribution in [0.4, 0.5) is 0 Å². The summed E-state index contributed by atoms with van der Waals surface area (Å²) >= 11 is 3.34. The first-order valence-corrected chi connectivity index (χ1v) is 7.05. The lowest BCUT2D eigenvalue weighted by Gasteiger charge is -2.08. The van der Waals surface area contributed by atoms with Crippen molar-refractivity contribution < 1.29 is 19.1 Å². The van der Waals surface area contributed by atoms with Crippen molar-refractivity contribution in [3.05, 3.63) is 28.2 Å². The predicted octanol–water partition coefficient (Wildman–Crippen LogP) is 2.98. The Morgan fingerprint density at radius 3 is 2.68 bits per heavy atom. The van der Waals surface area contributed by atoms with Gasteiger partial charge in [0.2, 0.25) is 0 Å². The van der Waals surface area contributed by atoms with Gasteiger partial charge in [-0.15, -0.1) is 0 Å². The molecule has 0 heterocycles. The average Bonchev–Trinajstić information content (AvgIpc) is 3.20. The number of hydrogen-bond acceptors (Lipinski definition) is 4. The normalized spacial score (nSPS) is 14.0. The van der Waals surface area contributed by atoms with E-state index in [1.807, 2.05) is 0 Å². The van der Waals surface area contributed by atoms with Crippen LogP contribution in [0.3, 0.4) is 0 Å². The molecule has 1 aliphatic carbocycles. The predicted molar refractivity (Wildman–Crippen MR) is 73.3 cm³/mol. The molecule has 0 bridgehead atoms. The molecule has 0 amide bonds. The summed E-state index contributed by atoms with van der Waals surface area (Å²) in [6, 6.07) is 4.85. The maximum absolute atomic E-state index is 11.7. The average molecular weight is 327 g/mol. The van der Waals surface area contributed by atoms with Gasteiger partial charge in [0.05, 0.1) is 17.7 Å². The third-order valence-electron chi connectivity index (χ3n) is 2.83. The second kappa shape index (κ2) is 6.19. The van der Waals surface area contributed by atoms with Crippen LogP contribution in [0.1, 0.15) is 30.1 Å². The Morgan fingerprint density at radius 2 is 2.11 bits per heavy atom. The molecule has 1 saturated carbocycles. The van der Waals surface area contributed by atoms with Crippen LogP contribution in [-0.2, 0) is 9.53 Å². The van der Waals surface area contributed by atoms with Gasteiger partial charge in [-0.2, -0.15) is 0 Å². The Hall–Kier alpha value is -1.36. The fourth-order valence-electron chi connectivity index (χ4n) is 1.57. The molecule has 0 spiro atoms. The third-order valence-corrected chi connectivity index (χ3v) is 3.45. The lowest BCUT2D eigenvalue weighted by Crippen LogP contribution is -2.17. The van der Waals surface area contributed by atoms with Gasteiger partial charge in [-0.1, -0.05) is 0 Å². The van der Waals surface area contributed by atoms with Crippen LogP contribution in [0.2, 0.25) is 0 Å². The fraction of sp³-hybridized carbons (Fsp3) is 0.429. The Kier molecular flexibility index (Phi) is 4.58. The molecule has 102 valence electrons. The highest BCUT2D eigenvalue weighted by molar-refractivity contribution is 9.10. The molecular weight excluding hydrogens is 312 g/mol. The van der Waals surface area contributed by atoms with E-state index in [2.05, 4.69) is 20.7 Å². The zero-order valence-corrected chi connectivity index (χ0v) is 12.2. The van der Waals surface area contributed by atoms with Gasteiger partial charge in [-0.05, 0) is 59.8 Å². The van der Waals surface area contributed by atoms with Crippen molar-refractivity contribution in [1.29, 1.82) is 0 Å². The van der Waals surface area contributed by atoms with Crippen molar-refractivity contribution in [2.24, 2.45) is 5.92 Å². The van der Waals surface area contributed by atoms with Crippen molar-refractivity contribution in [2.75, 3.05) is 13.2 Å². The second-order valence-corrected chi connectivity index (χ2v) is 5.30. The van der Waals surface area contributed by atoms with Crippen LogP contribution in [0.25, 0.3) is 0 Å². The van der Waals surface area contributed by atoms with Gasteiger partial charge in [0.1, 0.15) is 5.75 Å². The zero-order valence-electron chi connectivity index (χ0n) is 10.6. The topological polar surface area (TPSA) is 52.6 Å². The highest BCUT2D eigenvalue weighted by atomic mass is 79.9. The van der Waals surface area contributed by atoms with Gasteiger partial charge in [0, 0.05) is 5.56 Å². The molecule has 1 aromatic carbocycles. The van der Waals surface area contributed by atoms with E-state index in [-0.39, 0.29) is 6.61 Å². The van der Waals surface area contributed by atoms with E-state index in [1.54, 1.807) is 25.1 Å². The summed E-state index contributed by atoms with van der Waals surface area (Å²) in [6.45, 7) is 2.55. The Morgan fingerprint density at radius 1 is 1.37 bits per heavy atom. The van der Waals surface area contributed by atoms with Crippen LogP contribution in [0.5, 0.6) is 5.75 Å². The highest BCUT2D eigenvalue weighted by Gasteiger charge is 2.23. The van der Waals surface area contributed by atoms with Gasteiger partial charge in [0.15, 0.2) is 0 Å². The van der Waals surface area contributed by atoms with E-state index in [0.717, 1.165) is 0 Å². The van der Waals surface area contributed by atoms with Crippen molar-refractivity contribution >= 4 is 27.7 Å². The minimum Gasteiger partial charge on any atom is -0.492 e. The number of Topliss-reactive ketones (excluding diaryl/α,β-unsaturated/α-hetero) is 1. The summed E-state index contributed by atoms with van der Waals surface area (Å²) in [5.74, 6) is -0.127. The Bertz CT molecular complexity index is 494. The van der Waals surface area contributed by atoms with Crippen molar-refractivity contribution in [2.45, 2.75) is 19.8 Å². The number of carbonyl (C=O) groups is 2. The van der Waals surface area contributed by atoms with Gasteiger partial charge in [-0.25, -0.2) is 4.79 Å². The van der Waals surface area contributed by atoms with E-state index >= 15 is 0 Å². The molecule has 4 nitrogen and oxygen atoms in total. The quantitative estimate of drug-likeness (QED) is 0.458. The van der Waals surface area contributed by atoms with Crippen LogP contribution in [0.15, 0.2) is 22.7 Å². The molecule has 0 unspecified atom stereocenters. The summed E-state index contributed by atoms with van der Waals surface area (Å²) < 4.78 is 11.0. The third kappa shape index (κ3) is 3.80.